The van der Waals surface area contributed by atoms with Gasteiger partial charge in [-0.05, 0) is 18.9 Å². The summed E-state index contributed by atoms with van der Waals surface area (Å²) in [5, 5.41) is 17.4. The second kappa shape index (κ2) is 5.51. The van der Waals surface area contributed by atoms with Crippen molar-refractivity contribution in [3.63, 3.8) is 0 Å². The van der Waals surface area contributed by atoms with E-state index in [2.05, 4.69) is 4.90 Å². The topological polar surface area (TPSA) is 43.7 Å². The van der Waals surface area contributed by atoms with E-state index in [9.17, 15) is 0 Å². The van der Waals surface area contributed by atoms with Crippen LogP contribution in [-0.4, -0.2) is 48.0 Å². The van der Waals surface area contributed by atoms with E-state index in [-0.39, 0.29) is 13.2 Å². The van der Waals surface area contributed by atoms with E-state index < -0.39 is 0 Å². The molecule has 0 atom stereocenters. The van der Waals surface area contributed by atoms with Crippen LogP contribution >= 0.6 is 0 Å². The molecule has 3 heteroatoms. The standard InChI is InChI=1S/C9H19NO2/c11-7-5-10(6-8-12)4-3-9-1-2-9/h9,11-12H,1-8H2. The quantitative estimate of drug-likeness (QED) is 0.573. The van der Waals surface area contributed by atoms with E-state index >= 15 is 0 Å². The van der Waals surface area contributed by atoms with Gasteiger partial charge in [0.2, 0.25) is 0 Å². The van der Waals surface area contributed by atoms with Crippen LogP contribution < -0.4 is 0 Å². The molecule has 2 N–H and O–H groups in total. The van der Waals surface area contributed by atoms with Crippen LogP contribution in [0.15, 0.2) is 0 Å². The molecule has 3 nitrogen and oxygen atoms in total. The average Bonchev–Trinajstić information content (AvgIpc) is 2.84. The third-order valence-electron chi connectivity index (χ3n) is 2.38. The summed E-state index contributed by atoms with van der Waals surface area (Å²) in [6.07, 6.45) is 4.00. The Kier molecular flexibility index (Phi) is 4.58. The highest BCUT2D eigenvalue weighted by Crippen LogP contribution is 2.32. The molecule has 12 heavy (non-hydrogen) atoms. The minimum Gasteiger partial charge on any atom is -0.395 e. The number of nitrogens with zero attached hydrogens (tertiary/aromatic N) is 1. The minimum absolute atomic E-state index is 0.199. The Balaban J connectivity index is 2.03. The molecule has 0 aromatic carbocycles. The maximum atomic E-state index is 8.72. The third-order valence-corrected chi connectivity index (χ3v) is 2.38. The van der Waals surface area contributed by atoms with Crippen molar-refractivity contribution in [2.75, 3.05) is 32.8 Å². The van der Waals surface area contributed by atoms with Gasteiger partial charge in [0.25, 0.3) is 0 Å². The molecule has 0 aliphatic heterocycles. The molecule has 0 aromatic rings. The largest absolute Gasteiger partial charge is 0.395 e. The zero-order chi connectivity index (χ0) is 8.81. The highest BCUT2D eigenvalue weighted by atomic mass is 16.3. The molecule has 1 aliphatic rings. The van der Waals surface area contributed by atoms with Crippen LogP contribution in [0.2, 0.25) is 0 Å². The first-order valence-corrected chi connectivity index (χ1v) is 4.81. The van der Waals surface area contributed by atoms with Crippen LogP contribution in [0, 0.1) is 5.92 Å². The summed E-state index contributed by atoms with van der Waals surface area (Å²) < 4.78 is 0. The van der Waals surface area contributed by atoms with Gasteiger partial charge in [-0.3, -0.25) is 4.90 Å². The summed E-state index contributed by atoms with van der Waals surface area (Å²) in [7, 11) is 0. The lowest BCUT2D eigenvalue weighted by Crippen LogP contribution is -2.31. The van der Waals surface area contributed by atoms with Crippen LogP contribution in [0.1, 0.15) is 19.3 Å². The Morgan fingerprint density at radius 2 is 1.58 bits per heavy atom. The average molecular weight is 173 g/mol. The van der Waals surface area contributed by atoms with Crippen molar-refractivity contribution in [3.8, 4) is 0 Å². The first-order chi connectivity index (χ1) is 5.86. The fraction of sp³-hybridized carbons (Fsp3) is 1.00. The van der Waals surface area contributed by atoms with Gasteiger partial charge in [-0.2, -0.15) is 0 Å². The van der Waals surface area contributed by atoms with Crippen LogP contribution in [0.3, 0.4) is 0 Å². The number of hydrogen-bond donors (Lipinski definition) is 2. The molecule has 0 aromatic heterocycles. The summed E-state index contributed by atoms with van der Waals surface area (Å²) in [5.41, 5.74) is 0. The molecule has 1 saturated carbocycles. The maximum absolute atomic E-state index is 8.72. The van der Waals surface area contributed by atoms with Gasteiger partial charge in [0.1, 0.15) is 0 Å². The molecule has 1 rings (SSSR count). The van der Waals surface area contributed by atoms with Gasteiger partial charge < -0.3 is 10.2 Å². The molecule has 1 aliphatic carbocycles. The van der Waals surface area contributed by atoms with Crippen molar-refractivity contribution in [2.24, 2.45) is 5.92 Å². The second-order valence-electron chi connectivity index (χ2n) is 3.52. The first kappa shape index (κ1) is 9.96. The molecule has 0 bridgehead atoms. The van der Waals surface area contributed by atoms with Crippen molar-refractivity contribution < 1.29 is 10.2 Å². The summed E-state index contributed by atoms with van der Waals surface area (Å²) in [5.74, 6) is 0.935. The Morgan fingerprint density at radius 1 is 1.00 bits per heavy atom. The second-order valence-corrected chi connectivity index (χ2v) is 3.52. The van der Waals surface area contributed by atoms with Gasteiger partial charge in [-0.1, -0.05) is 12.8 Å². The van der Waals surface area contributed by atoms with Crippen molar-refractivity contribution in [2.45, 2.75) is 19.3 Å². The number of aliphatic hydroxyl groups excluding tert-OH is 2. The zero-order valence-corrected chi connectivity index (χ0v) is 7.58. The van der Waals surface area contributed by atoms with Gasteiger partial charge in [0.15, 0.2) is 0 Å². The minimum atomic E-state index is 0.199. The lowest BCUT2D eigenvalue weighted by molar-refractivity contribution is 0.158. The molecule has 0 amide bonds. The molecular weight excluding hydrogens is 154 g/mol. The lowest BCUT2D eigenvalue weighted by Gasteiger charge is -2.19. The van der Waals surface area contributed by atoms with E-state index in [4.69, 9.17) is 10.2 Å². The maximum Gasteiger partial charge on any atom is 0.0558 e. The summed E-state index contributed by atoms with van der Waals surface area (Å²) in [6.45, 7) is 2.84. The summed E-state index contributed by atoms with van der Waals surface area (Å²) in [6, 6.07) is 0. The van der Waals surface area contributed by atoms with Crippen molar-refractivity contribution >= 4 is 0 Å². The Bertz CT molecular complexity index is 109. The Labute approximate surface area is 74.0 Å². The van der Waals surface area contributed by atoms with Crippen LogP contribution in [0.4, 0.5) is 0 Å². The summed E-state index contributed by atoms with van der Waals surface area (Å²) >= 11 is 0. The normalized spacial score (nSPS) is 17.2. The van der Waals surface area contributed by atoms with Crippen molar-refractivity contribution in [1.82, 2.24) is 4.90 Å². The van der Waals surface area contributed by atoms with Gasteiger partial charge in [0, 0.05) is 13.1 Å². The van der Waals surface area contributed by atoms with Crippen molar-refractivity contribution in [3.05, 3.63) is 0 Å². The van der Waals surface area contributed by atoms with E-state index in [1.807, 2.05) is 0 Å². The number of aliphatic hydroxyl groups is 2. The number of hydrogen-bond acceptors (Lipinski definition) is 3. The Morgan fingerprint density at radius 3 is 2.00 bits per heavy atom. The van der Waals surface area contributed by atoms with E-state index in [1.54, 1.807) is 0 Å². The molecular formula is C9H19NO2. The molecule has 0 radical (unpaired) electrons. The van der Waals surface area contributed by atoms with Crippen molar-refractivity contribution in [1.29, 1.82) is 0 Å². The van der Waals surface area contributed by atoms with Crippen LogP contribution in [0.25, 0.3) is 0 Å². The predicted molar refractivity (Wildman–Crippen MR) is 48.0 cm³/mol. The molecule has 0 heterocycles. The van der Waals surface area contributed by atoms with Gasteiger partial charge in [-0.15, -0.1) is 0 Å². The van der Waals surface area contributed by atoms with E-state index in [0.717, 1.165) is 12.5 Å². The van der Waals surface area contributed by atoms with Gasteiger partial charge in [0.05, 0.1) is 13.2 Å². The highest BCUT2D eigenvalue weighted by molar-refractivity contribution is 4.74. The summed E-state index contributed by atoms with van der Waals surface area (Å²) in [4.78, 5) is 2.12. The molecule has 72 valence electrons. The SMILES string of the molecule is OCCN(CCO)CCC1CC1. The molecule has 0 spiro atoms. The fourth-order valence-electron chi connectivity index (χ4n) is 1.39. The zero-order valence-electron chi connectivity index (χ0n) is 7.58. The highest BCUT2D eigenvalue weighted by Gasteiger charge is 2.21. The van der Waals surface area contributed by atoms with Gasteiger partial charge >= 0.3 is 0 Å². The smallest absolute Gasteiger partial charge is 0.0558 e. The van der Waals surface area contributed by atoms with E-state index in [1.165, 1.54) is 19.3 Å². The van der Waals surface area contributed by atoms with E-state index in [0.29, 0.717) is 13.1 Å². The fourth-order valence-corrected chi connectivity index (χ4v) is 1.39. The van der Waals surface area contributed by atoms with Gasteiger partial charge in [-0.25, -0.2) is 0 Å². The monoisotopic (exact) mass is 173 g/mol. The van der Waals surface area contributed by atoms with Crippen LogP contribution in [-0.2, 0) is 0 Å². The predicted octanol–water partition coefficient (Wildman–Crippen LogP) is 0.0731. The molecule has 0 unspecified atom stereocenters. The first-order valence-electron chi connectivity index (χ1n) is 4.81. The molecule has 0 saturated heterocycles. The Hall–Kier alpha value is -0.120. The molecule has 1 fully saturated rings. The number of rotatable bonds is 7. The van der Waals surface area contributed by atoms with Crippen LogP contribution in [0.5, 0.6) is 0 Å². The lowest BCUT2D eigenvalue weighted by atomic mass is 10.3. The third kappa shape index (κ3) is 4.04.